The monoisotopic (exact) mass is 271 g/mol. The van der Waals surface area contributed by atoms with Gasteiger partial charge in [-0.25, -0.2) is 0 Å². The van der Waals surface area contributed by atoms with Gasteiger partial charge < -0.3 is 9.64 Å². The van der Waals surface area contributed by atoms with Gasteiger partial charge in [-0.2, -0.15) is 0 Å². The van der Waals surface area contributed by atoms with Crippen molar-refractivity contribution in [3.05, 3.63) is 28.2 Å². The zero-order valence-electron chi connectivity index (χ0n) is 9.08. The predicted octanol–water partition coefficient (Wildman–Crippen LogP) is 2.37. The first-order chi connectivity index (χ1) is 7.04. The lowest BCUT2D eigenvalue weighted by atomic mass is 10.2. The van der Waals surface area contributed by atoms with Gasteiger partial charge in [-0.1, -0.05) is 15.9 Å². The number of esters is 1. The Bertz CT molecular complexity index is 366. The van der Waals surface area contributed by atoms with Crippen LogP contribution in [0.2, 0.25) is 0 Å². The van der Waals surface area contributed by atoms with Crippen molar-refractivity contribution in [2.75, 3.05) is 25.6 Å². The largest absolute Gasteiger partial charge is 0.468 e. The van der Waals surface area contributed by atoms with Crippen LogP contribution in [0.4, 0.5) is 5.69 Å². The van der Waals surface area contributed by atoms with E-state index in [-0.39, 0.29) is 12.5 Å². The maximum absolute atomic E-state index is 11.1. The van der Waals surface area contributed by atoms with Crippen molar-refractivity contribution in [1.82, 2.24) is 0 Å². The van der Waals surface area contributed by atoms with Crippen molar-refractivity contribution < 1.29 is 9.53 Å². The van der Waals surface area contributed by atoms with Gasteiger partial charge in [-0.15, -0.1) is 0 Å². The molecule has 0 aliphatic heterocycles. The molecular weight excluding hydrogens is 258 g/mol. The van der Waals surface area contributed by atoms with E-state index in [1.165, 1.54) is 7.11 Å². The highest BCUT2D eigenvalue weighted by molar-refractivity contribution is 9.10. The number of benzene rings is 1. The summed E-state index contributed by atoms with van der Waals surface area (Å²) >= 11 is 3.40. The van der Waals surface area contributed by atoms with Crippen LogP contribution in [0.1, 0.15) is 5.56 Å². The van der Waals surface area contributed by atoms with Crippen molar-refractivity contribution in [3.8, 4) is 0 Å². The van der Waals surface area contributed by atoms with Gasteiger partial charge in [0.05, 0.1) is 7.11 Å². The molecule has 0 saturated heterocycles. The summed E-state index contributed by atoms with van der Waals surface area (Å²) in [6, 6.07) is 5.95. The van der Waals surface area contributed by atoms with E-state index in [1.54, 1.807) is 0 Å². The first-order valence-corrected chi connectivity index (χ1v) is 5.38. The Balaban J connectivity index is 2.82. The minimum atomic E-state index is -0.236. The Morgan fingerprint density at radius 2 is 2.20 bits per heavy atom. The third kappa shape index (κ3) is 3.23. The van der Waals surface area contributed by atoms with Crippen LogP contribution in [0.5, 0.6) is 0 Å². The maximum Gasteiger partial charge on any atom is 0.325 e. The molecule has 0 aromatic heterocycles. The average molecular weight is 272 g/mol. The number of carbonyl (C=O) groups is 1. The first kappa shape index (κ1) is 12.0. The fourth-order valence-corrected chi connectivity index (χ4v) is 1.87. The third-order valence-corrected chi connectivity index (χ3v) is 2.66. The molecule has 0 N–H and O–H groups in total. The number of anilines is 1. The fraction of sp³-hybridized carbons (Fsp3) is 0.364. The second-order valence-electron chi connectivity index (χ2n) is 3.36. The molecule has 0 radical (unpaired) electrons. The smallest absolute Gasteiger partial charge is 0.325 e. The van der Waals surface area contributed by atoms with E-state index >= 15 is 0 Å². The molecule has 3 nitrogen and oxygen atoms in total. The second kappa shape index (κ2) is 5.16. The number of carbonyl (C=O) groups excluding carboxylic acids is 1. The van der Waals surface area contributed by atoms with E-state index in [0.717, 1.165) is 15.7 Å². The summed E-state index contributed by atoms with van der Waals surface area (Å²) in [6.45, 7) is 2.27. The lowest BCUT2D eigenvalue weighted by Crippen LogP contribution is -2.26. The van der Waals surface area contributed by atoms with Gasteiger partial charge in [0.1, 0.15) is 6.54 Å². The van der Waals surface area contributed by atoms with E-state index in [2.05, 4.69) is 20.7 Å². The summed E-state index contributed by atoms with van der Waals surface area (Å²) in [5, 5.41) is 0. The number of methoxy groups -OCH3 is 1. The molecular formula is C11H14BrNO2. The van der Waals surface area contributed by atoms with Gasteiger partial charge in [0, 0.05) is 17.2 Å². The van der Waals surface area contributed by atoms with Crippen LogP contribution >= 0.6 is 15.9 Å². The maximum atomic E-state index is 11.1. The molecule has 1 aromatic rings. The number of halogens is 1. The summed E-state index contributed by atoms with van der Waals surface area (Å²) < 4.78 is 5.65. The Kier molecular flexibility index (Phi) is 4.15. The third-order valence-electron chi connectivity index (χ3n) is 2.16. The van der Waals surface area contributed by atoms with Gasteiger partial charge in [0.25, 0.3) is 0 Å². The Morgan fingerprint density at radius 3 is 2.73 bits per heavy atom. The average Bonchev–Trinajstić information content (AvgIpc) is 2.17. The Morgan fingerprint density at radius 1 is 1.53 bits per heavy atom. The number of rotatable bonds is 3. The number of aryl methyl sites for hydroxylation is 1. The van der Waals surface area contributed by atoms with Crippen LogP contribution in [-0.2, 0) is 9.53 Å². The lowest BCUT2D eigenvalue weighted by Gasteiger charge is -2.20. The van der Waals surface area contributed by atoms with Gasteiger partial charge in [0.15, 0.2) is 0 Å². The molecule has 0 saturated carbocycles. The molecule has 0 bridgehead atoms. The Labute approximate surface area is 98.2 Å². The number of likely N-dealkylation sites (N-methyl/N-ethyl adjacent to an activating group) is 1. The molecule has 0 fully saturated rings. The van der Waals surface area contributed by atoms with Crippen molar-refractivity contribution in [1.29, 1.82) is 0 Å². The van der Waals surface area contributed by atoms with Crippen LogP contribution in [-0.4, -0.2) is 26.7 Å². The number of ether oxygens (including phenoxy) is 1. The van der Waals surface area contributed by atoms with Crippen molar-refractivity contribution >= 4 is 27.6 Å². The summed E-state index contributed by atoms with van der Waals surface area (Å²) in [7, 11) is 3.26. The molecule has 0 heterocycles. The summed E-state index contributed by atoms with van der Waals surface area (Å²) in [6.07, 6.45) is 0. The molecule has 0 aliphatic rings. The summed E-state index contributed by atoms with van der Waals surface area (Å²) in [5.41, 5.74) is 2.15. The molecule has 0 spiro atoms. The zero-order chi connectivity index (χ0) is 11.4. The molecule has 0 amide bonds. The SMILES string of the molecule is COC(=O)CN(C)c1ccc(Br)cc1C. The summed E-state index contributed by atoms with van der Waals surface area (Å²) in [5.74, 6) is -0.236. The molecule has 0 atom stereocenters. The van der Waals surface area contributed by atoms with Gasteiger partial charge in [-0.05, 0) is 30.7 Å². The molecule has 0 unspecified atom stereocenters. The van der Waals surface area contributed by atoms with Crippen LogP contribution in [0.3, 0.4) is 0 Å². The first-order valence-electron chi connectivity index (χ1n) is 4.58. The van der Waals surface area contributed by atoms with E-state index in [4.69, 9.17) is 0 Å². The summed E-state index contributed by atoms with van der Waals surface area (Å²) in [4.78, 5) is 13.0. The van der Waals surface area contributed by atoms with Gasteiger partial charge >= 0.3 is 5.97 Å². The molecule has 15 heavy (non-hydrogen) atoms. The van der Waals surface area contributed by atoms with E-state index in [9.17, 15) is 4.79 Å². The molecule has 0 aliphatic carbocycles. The highest BCUT2D eigenvalue weighted by Crippen LogP contribution is 2.22. The lowest BCUT2D eigenvalue weighted by molar-refractivity contribution is -0.138. The van der Waals surface area contributed by atoms with Gasteiger partial charge in [-0.3, -0.25) is 4.79 Å². The topological polar surface area (TPSA) is 29.5 Å². The van der Waals surface area contributed by atoms with Crippen molar-refractivity contribution in [2.24, 2.45) is 0 Å². The predicted molar refractivity (Wildman–Crippen MR) is 64.2 cm³/mol. The highest BCUT2D eigenvalue weighted by Gasteiger charge is 2.09. The van der Waals surface area contributed by atoms with Gasteiger partial charge in [0.2, 0.25) is 0 Å². The van der Waals surface area contributed by atoms with Crippen LogP contribution in [0.25, 0.3) is 0 Å². The van der Waals surface area contributed by atoms with E-state index in [1.807, 2.05) is 37.1 Å². The number of hydrogen-bond donors (Lipinski definition) is 0. The zero-order valence-corrected chi connectivity index (χ0v) is 10.7. The molecule has 82 valence electrons. The molecule has 1 rings (SSSR count). The fourth-order valence-electron chi connectivity index (χ4n) is 1.39. The van der Waals surface area contributed by atoms with Crippen LogP contribution in [0.15, 0.2) is 22.7 Å². The van der Waals surface area contributed by atoms with E-state index < -0.39 is 0 Å². The normalized spacial score (nSPS) is 9.87. The second-order valence-corrected chi connectivity index (χ2v) is 4.28. The van der Waals surface area contributed by atoms with Crippen molar-refractivity contribution in [3.63, 3.8) is 0 Å². The van der Waals surface area contributed by atoms with Crippen LogP contribution < -0.4 is 4.90 Å². The number of hydrogen-bond acceptors (Lipinski definition) is 3. The Hall–Kier alpha value is -1.03. The standard InChI is InChI=1S/C11H14BrNO2/c1-8-6-9(12)4-5-10(8)13(2)7-11(14)15-3/h4-6H,7H2,1-3H3. The molecule has 1 aromatic carbocycles. The van der Waals surface area contributed by atoms with Crippen LogP contribution in [0, 0.1) is 6.92 Å². The quantitative estimate of drug-likeness (QED) is 0.791. The van der Waals surface area contributed by atoms with Crippen molar-refractivity contribution in [2.45, 2.75) is 6.92 Å². The molecule has 4 heteroatoms. The minimum absolute atomic E-state index is 0.236. The minimum Gasteiger partial charge on any atom is -0.468 e. The number of nitrogens with zero attached hydrogens (tertiary/aromatic N) is 1. The van der Waals surface area contributed by atoms with E-state index in [0.29, 0.717) is 0 Å². The highest BCUT2D eigenvalue weighted by atomic mass is 79.9.